The van der Waals surface area contributed by atoms with Crippen LogP contribution in [0.5, 0.6) is 0 Å². The minimum atomic E-state index is -0.598. The third-order valence-corrected chi connectivity index (χ3v) is 3.80. The highest BCUT2D eigenvalue weighted by molar-refractivity contribution is 5.74. The Bertz CT molecular complexity index is 619. The van der Waals surface area contributed by atoms with Gasteiger partial charge in [0.05, 0.1) is 12.9 Å². The molecule has 2 aromatic rings. The predicted octanol–water partition coefficient (Wildman–Crippen LogP) is 3.27. The van der Waals surface area contributed by atoms with Crippen molar-refractivity contribution in [2.45, 2.75) is 31.8 Å². The summed E-state index contributed by atoms with van der Waals surface area (Å²) in [6.07, 6.45) is 6.44. The maximum Gasteiger partial charge on any atom is 0.253 e. The van der Waals surface area contributed by atoms with Gasteiger partial charge in [0.2, 0.25) is 5.82 Å². The van der Waals surface area contributed by atoms with E-state index in [9.17, 15) is 0 Å². The Morgan fingerprint density at radius 2 is 2.36 bits per heavy atom. The summed E-state index contributed by atoms with van der Waals surface area (Å²) in [5.74, 6) is 1.77. The maximum atomic E-state index is 5.94. The number of aromatic nitrogens is 2. The standard InChI is InChI=1S/C16H20N2O4/c1-12(10-13-6-5-8-20-13)14-17-15(18-22-14)16(11-19-2)7-3-4-9-21-16/h5-6,8,10H,3-4,7,9,11H2,1-2H3/b12-10-. The van der Waals surface area contributed by atoms with E-state index in [0.29, 0.717) is 24.9 Å². The molecule has 0 spiro atoms. The molecule has 0 aromatic carbocycles. The summed E-state index contributed by atoms with van der Waals surface area (Å²) >= 11 is 0. The number of nitrogens with zero attached hydrogens (tertiary/aromatic N) is 2. The summed E-state index contributed by atoms with van der Waals surface area (Å²) in [5.41, 5.74) is 0.247. The van der Waals surface area contributed by atoms with Gasteiger partial charge in [-0.15, -0.1) is 0 Å². The number of hydrogen-bond donors (Lipinski definition) is 0. The molecule has 1 fully saturated rings. The van der Waals surface area contributed by atoms with Crippen molar-refractivity contribution in [3.63, 3.8) is 0 Å². The molecule has 0 bridgehead atoms. The highest BCUT2D eigenvalue weighted by Gasteiger charge is 2.40. The first-order chi connectivity index (χ1) is 10.7. The van der Waals surface area contributed by atoms with Gasteiger partial charge in [0.15, 0.2) is 5.60 Å². The molecule has 0 N–H and O–H groups in total. The van der Waals surface area contributed by atoms with E-state index in [1.807, 2.05) is 25.1 Å². The van der Waals surface area contributed by atoms with Gasteiger partial charge in [-0.1, -0.05) is 5.16 Å². The number of hydrogen-bond acceptors (Lipinski definition) is 6. The van der Waals surface area contributed by atoms with E-state index in [1.54, 1.807) is 13.4 Å². The molecule has 1 atom stereocenters. The van der Waals surface area contributed by atoms with Crippen LogP contribution in [0.3, 0.4) is 0 Å². The van der Waals surface area contributed by atoms with Gasteiger partial charge >= 0.3 is 0 Å². The molecule has 6 nitrogen and oxygen atoms in total. The second kappa shape index (κ2) is 6.46. The predicted molar refractivity (Wildman–Crippen MR) is 79.9 cm³/mol. The highest BCUT2D eigenvalue weighted by atomic mass is 16.5. The third kappa shape index (κ3) is 2.98. The van der Waals surface area contributed by atoms with Crippen LogP contribution in [0, 0.1) is 0 Å². The van der Waals surface area contributed by atoms with Crippen LogP contribution >= 0.6 is 0 Å². The van der Waals surface area contributed by atoms with Crippen molar-refractivity contribution in [3.8, 4) is 0 Å². The fraction of sp³-hybridized carbons (Fsp3) is 0.500. The van der Waals surface area contributed by atoms with Crippen LogP contribution in [0.1, 0.15) is 43.7 Å². The van der Waals surface area contributed by atoms with Crippen LogP contribution in [0.15, 0.2) is 27.3 Å². The van der Waals surface area contributed by atoms with Crippen LogP contribution in [0.4, 0.5) is 0 Å². The molecular formula is C16H20N2O4. The summed E-state index contributed by atoms with van der Waals surface area (Å²) in [7, 11) is 1.66. The number of furan rings is 1. The minimum absolute atomic E-state index is 0.424. The Labute approximate surface area is 129 Å². The summed E-state index contributed by atoms with van der Waals surface area (Å²) < 4.78 is 22.0. The average molecular weight is 304 g/mol. The van der Waals surface area contributed by atoms with Gasteiger partial charge in [-0.05, 0) is 44.4 Å². The molecule has 118 valence electrons. The first kappa shape index (κ1) is 15.0. The Morgan fingerprint density at radius 1 is 1.45 bits per heavy atom. The van der Waals surface area contributed by atoms with E-state index in [-0.39, 0.29) is 0 Å². The highest BCUT2D eigenvalue weighted by Crippen LogP contribution is 2.34. The van der Waals surface area contributed by atoms with Gasteiger partial charge in [-0.25, -0.2) is 0 Å². The number of ether oxygens (including phenoxy) is 2. The minimum Gasteiger partial charge on any atom is -0.465 e. The fourth-order valence-electron chi connectivity index (χ4n) is 2.66. The Kier molecular flexibility index (Phi) is 4.40. The van der Waals surface area contributed by atoms with Crippen molar-refractivity contribution in [2.24, 2.45) is 0 Å². The lowest BCUT2D eigenvalue weighted by molar-refractivity contribution is -0.127. The van der Waals surface area contributed by atoms with Gasteiger partial charge < -0.3 is 18.4 Å². The van der Waals surface area contributed by atoms with Gasteiger partial charge in [-0.2, -0.15) is 4.98 Å². The first-order valence-electron chi connectivity index (χ1n) is 7.43. The summed E-state index contributed by atoms with van der Waals surface area (Å²) in [5, 5.41) is 4.12. The zero-order valence-corrected chi connectivity index (χ0v) is 12.9. The molecular weight excluding hydrogens is 284 g/mol. The van der Waals surface area contributed by atoms with Crippen molar-refractivity contribution in [1.29, 1.82) is 0 Å². The lowest BCUT2D eigenvalue weighted by atomic mass is 9.94. The van der Waals surface area contributed by atoms with Crippen molar-refractivity contribution in [2.75, 3.05) is 20.3 Å². The van der Waals surface area contributed by atoms with Crippen molar-refractivity contribution in [3.05, 3.63) is 35.9 Å². The van der Waals surface area contributed by atoms with Crippen LogP contribution in [0.2, 0.25) is 0 Å². The summed E-state index contributed by atoms with van der Waals surface area (Å²) in [4.78, 5) is 4.51. The van der Waals surface area contributed by atoms with Crippen LogP contribution in [-0.4, -0.2) is 30.5 Å². The quantitative estimate of drug-likeness (QED) is 0.844. The second-order valence-electron chi connectivity index (χ2n) is 5.50. The molecule has 3 rings (SSSR count). The molecule has 2 aromatic heterocycles. The Balaban J connectivity index is 1.85. The zero-order valence-electron chi connectivity index (χ0n) is 12.9. The molecule has 3 heterocycles. The smallest absolute Gasteiger partial charge is 0.253 e. The van der Waals surface area contributed by atoms with Crippen molar-refractivity contribution in [1.82, 2.24) is 10.1 Å². The molecule has 1 aliphatic rings. The van der Waals surface area contributed by atoms with E-state index < -0.39 is 5.60 Å². The van der Waals surface area contributed by atoms with E-state index >= 15 is 0 Å². The maximum absolute atomic E-state index is 5.94. The van der Waals surface area contributed by atoms with Crippen LogP contribution < -0.4 is 0 Å². The molecule has 1 saturated heterocycles. The number of allylic oxidation sites excluding steroid dienone is 1. The normalized spacial score (nSPS) is 22.9. The molecule has 1 unspecified atom stereocenters. The largest absolute Gasteiger partial charge is 0.465 e. The lowest BCUT2D eigenvalue weighted by Crippen LogP contribution is -2.39. The molecule has 1 aliphatic heterocycles. The van der Waals surface area contributed by atoms with E-state index in [2.05, 4.69) is 10.1 Å². The lowest BCUT2D eigenvalue weighted by Gasteiger charge is -2.33. The van der Waals surface area contributed by atoms with E-state index in [1.165, 1.54) is 0 Å². The summed E-state index contributed by atoms with van der Waals surface area (Å²) in [6, 6.07) is 3.71. The molecule has 22 heavy (non-hydrogen) atoms. The van der Waals surface area contributed by atoms with Crippen molar-refractivity contribution >= 4 is 11.6 Å². The van der Waals surface area contributed by atoms with Gasteiger partial charge in [0.1, 0.15) is 5.76 Å². The molecule has 0 aliphatic carbocycles. The summed E-state index contributed by atoms with van der Waals surface area (Å²) in [6.45, 7) is 3.02. The van der Waals surface area contributed by atoms with E-state index in [4.69, 9.17) is 18.4 Å². The average Bonchev–Trinajstić information content (AvgIpc) is 3.20. The van der Waals surface area contributed by atoms with Gasteiger partial charge in [0, 0.05) is 19.3 Å². The molecule has 0 radical (unpaired) electrons. The van der Waals surface area contributed by atoms with Crippen molar-refractivity contribution < 1.29 is 18.4 Å². The Morgan fingerprint density at radius 3 is 3.05 bits per heavy atom. The second-order valence-corrected chi connectivity index (χ2v) is 5.50. The number of methoxy groups -OCH3 is 1. The topological polar surface area (TPSA) is 70.5 Å². The van der Waals surface area contributed by atoms with Crippen LogP contribution in [-0.2, 0) is 15.1 Å². The monoisotopic (exact) mass is 304 g/mol. The zero-order chi connectivity index (χ0) is 15.4. The third-order valence-electron chi connectivity index (χ3n) is 3.80. The SMILES string of the molecule is COCC1(c2noc(/C(C)=C\c3ccco3)n2)CCCCO1. The first-order valence-corrected chi connectivity index (χ1v) is 7.43. The number of rotatable bonds is 5. The molecule has 6 heteroatoms. The van der Waals surface area contributed by atoms with Gasteiger partial charge in [-0.3, -0.25) is 0 Å². The van der Waals surface area contributed by atoms with Crippen LogP contribution in [0.25, 0.3) is 11.6 Å². The molecule has 0 amide bonds. The Hall–Kier alpha value is -1.92. The fourth-order valence-corrected chi connectivity index (χ4v) is 2.66. The van der Waals surface area contributed by atoms with Gasteiger partial charge in [0.25, 0.3) is 5.89 Å². The van der Waals surface area contributed by atoms with E-state index in [0.717, 1.165) is 30.6 Å². The molecule has 0 saturated carbocycles.